The zero-order chi connectivity index (χ0) is 40.4. The summed E-state index contributed by atoms with van der Waals surface area (Å²) in [5.41, 5.74) is 1.42. The lowest BCUT2D eigenvalue weighted by Crippen LogP contribution is -2.46. The molecule has 4 aromatic carbocycles. The zero-order valence-electron chi connectivity index (χ0n) is 32.0. The van der Waals surface area contributed by atoms with Crippen LogP contribution in [0.4, 0.5) is 0 Å². The molecule has 8 nitrogen and oxygen atoms in total. The summed E-state index contributed by atoms with van der Waals surface area (Å²) in [4.78, 5) is 24.4. The van der Waals surface area contributed by atoms with E-state index in [9.17, 15) is 19.8 Å². The summed E-state index contributed by atoms with van der Waals surface area (Å²) in [7, 11) is 0. The Morgan fingerprint density at radius 1 is 0.649 bits per heavy atom. The molecule has 0 heterocycles. The average molecular weight is 810 g/mol. The van der Waals surface area contributed by atoms with E-state index in [1.54, 1.807) is 24.3 Å². The Morgan fingerprint density at radius 3 is 1.67 bits per heavy atom. The number of hydrogen-bond acceptors (Lipinski definition) is 6. The second kappa shape index (κ2) is 22.3. The molecule has 2 amide bonds. The fourth-order valence-corrected chi connectivity index (χ4v) is 7.25. The predicted octanol–water partition coefficient (Wildman–Crippen LogP) is 7.44. The molecule has 2 fully saturated rings. The highest BCUT2D eigenvalue weighted by Gasteiger charge is 2.34. The highest BCUT2D eigenvalue weighted by Crippen LogP contribution is 2.29. The number of benzene rings is 4. The largest absolute Gasteiger partial charge is 0.378 e. The maximum atomic E-state index is 12.3. The Hall–Kier alpha value is -4.64. The van der Waals surface area contributed by atoms with Crippen LogP contribution in [0.1, 0.15) is 73.6 Å². The van der Waals surface area contributed by atoms with E-state index < -0.39 is 11.2 Å². The van der Waals surface area contributed by atoms with Gasteiger partial charge < -0.3 is 30.3 Å². The molecule has 298 valence electrons. The van der Waals surface area contributed by atoms with Gasteiger partial charge in [0.1, 0.15) is 17.8 Å². The Bertz CT molecular complexity index is 2030. The van der Waals surface area contributed by atoms with Crippen molar-refractivity contribution < 1.29 is 29.3 Å². The van der Waals surface area contributed by atoms with E-state index in [4.69, 9.17) is 32.7 Å². The first kappa shape index (κ1) is 43.5. The normalized spacial score (nSPS) is 21.3. The van der Waals surface area contributed by atoms with Crippen molar-refractivity contribution in [2.75, 3.05) is 19.8 Å². The van der Waals surface area contributed by atoms with Gasteiger partial charge in [-0.3, -0.25) is 9.59 Å². The fourth-order valence-electron chi connectivity index (χ4n) is 6.86. The van der Waals surface area contributed by atoms with Gasteiger partial charge >= 0.3 is 0 Å². The van der Waals surface area contributed by atoms with Crippen LogP contribution < -0.4 is 10.6 Å². The van der Waals surface area contributed by atoms with Crippen molar-refractivity contribution in [3.05, 3.63) is 141 Å². The summed E-state index contributed by atoms with van der Waals surface area (Å²) in [5.74, 6) is 11.8. The molecule has 10 heteroatoms. The molecule has 0 aliphatic heterocycles. The van der Waals surface area contributed by atoms with Crippen LogP contribution in [-0.2, 0) is 32.1 Å². The van der Waals surface area contributed by atoms with Crippen LogP contribution in [-0.4, -0.2) is 65.1 Å². The minimum Gasteiger partial charge on any atom is -0.378 e. The number of nitrogens with one attached hydrogen (secondary N) is 2. The topological polar surface area (TPSA) is 117 Å². The number of rotatable bonds is 11. The van der Waals surface area contributed by atoms with Crippen LogP contribution in [0, 0.1) is 23.7 Å². The first-order chi connectivity index (χ1) is 27.5. The van der Waals surface area contributed by atoms with Gasteiger partial charge in [-0.15, -0.1) is 0 Å². The summed E-state index contributed by atoms with van der Waals surface area (Å²) >= 11 is 12.0. The molecule has 0 saturated heterocycles. The third-order valence-electron chi connectivity index (χ3n) is 9.64. The molecule has 0 radical (unpaired) electrons. The number of ether oxygens (including phenoxy) is 2. The molecule has 2 aliphatic rings. The lowest BCUT2D eigenvalue weighted by molar-refractivity contribution is -0.127. The predicted molar refractivity (Wildman–Crippen MR) is 224 cm³/mol. The van der Waals surface area contributed by atoms with Gasteiger partial charge in [-0.25, -0.2) is 0 Å². The first-order valence-electron chi connectivity index (χ1n) is 19.4. The van der Waals surface area contributed by atoms with Gasteiger partial charge in [0.05, 0.1) is 26.2 Å². The van der Waals surface area contributed by atoms with E-state index in [-0.39, 0.29) is 30.5 Å². The molecule has 4 aromatic rings. The maximum absolute atomic E-state index is 12.3. The van der Waals surface area contributed by atoms with Crippen molar-refractivity contribution >= 4 is 35.0 Å². The lowest BCUT2D eigenvalue weighted by Gasteiger charge is -2.33. The molecule has 4 N–H and O–H groups in total. The molecule has 0 aromatic heterocycles. The van der Waals surface area contributed by atoms with E-state index in [0.717, 1.165) is 47.9 Å². The zero-order valence-corrected chi connectivity index (χ0v) is 33.5. The maximum Gasteiger partial charge on any atom is 0.246 e. The van der Waals surface area contributed by atoms with Crippen molar-refractivity contribution in [3.63, 3.8) is 0 Å². The van der Waals surface area contributed by atoms with Gasteiger partial charge in [-0.2, -0.15) is 0 Å². The smallest absolute Gasteiger partial charge is 0.246 e. The highest BCUT2D eigenvalue weighted by molar-refractivity contribution is 6.31. The van der Waals surface area contributed by atoms with Crippen molar-refractivity contribution in [1.82, 2.24) is 10.6 Å². The quantitative estimate of drug-likeness (QED) is 0.0926. The summed E-state index contributed by atoms with van der Waals surface area (Å²) in [6, 6.07) is 33.9. The van der Waals surface area contributed by atoms with Gasteiger partial charge in [0.15, 0.2) is 0 Å². The second-order valence-electron chi connectivity index (χ2n) is 14.6. The van der Waals surface area contributed by atoms with Gasteiger partial charge in [0.25, 0.3) is 0 Å². The van der Waals surface area contributed by atoms with Gasteiger partial charge in [-0.1, -0.05) is 120 Å². The summed E-state index contributed by atoms with van der Waals surface area (Å²) in [5, 5.41) is 28.9. The third-order valence-corrected chi connectivity index (χ3v) is 10.1. The van der Waals surface area contributed by atoms with Crippen molar-refractivity contribution in [2.45, 2.75) is 87.7 Å². The van der Waals surface area contributed by atoms with Gasteiger partial charge in [0, 0.05) is 46.1 Å². The van der Waals surface area contributed by atoms with E-state index in [1.165, 1.54) is 0 Å². The van der Waals surface area contributed by atoms with Crippen LogP contribution in [0.2, 0.25) is 10.0 Å². The molecule has 2 aliphatic carbocycles. The number of halogens is 2. The Labute approximate surface area is 346 Å². The van der Waals surface area contributed by atoms with Crippen molar-refractivity contribution in [2.24, 2.45) is 0 Å². The van der Waals surface area contributed by atoms with E-state index >= 15 is 0 Å². The molecule has 0 spiro atoms. The number of carbonyl (C=O) groups excluding carboxylic acids is 2. The third kappa shape index (κ3) is 16.0. The SMILES string of the molecule is O=C(COCCOCc1ccccc1)N[C@H]1CCC[C@@](O)(C#Cc2cccc(Cl)c2)C1.O=C(Cc1ccccc1)N[C@H]1CCC[C@@](O)(C#Cc2cccc(Cl)c2)C1. The Morgan fingerprint density at radius 2 is 1.14 bits per heavy atom. The highest BCUT2D eigenvalue weighted by atomic mass is 35.5. The summed E-state index contributed by atoms with van der Waals surface area (Å²) < 4.78 is 10.9. The van der Waals surface area contributed by atoms with Crippen LogP contribution >= 0.6 is 23.2 Å². The standard InChI is InChI=1S/C25H28ClNO4.C22H22ClNO2/c26-22-9-4-8-20(16-22)11-13-25(29)12-5-10-23(17-25)27-24(28)19-31-15-14-30-18-21-6-2-1-3-7-21;23-19-9-4-8-18(14-19)11-13-22(26)12-5-10-20(16-22)24-21(25)15-17-6-2-1-3-7-17/h1-4,6-9,16,23,29H,5,10,12,14-15,17-19H2,(H,27,28);1-4,6-9,14,20,26H,5,10,12,15-16H2,(H,24,25)/t23-,25+;20-,22+/m00/s1. The summed E-state index contributed by atoms with van der Waals surface area (Å²) in [6.07, 6.45) is 5.69. The van der Waals surface area contributed by atoms with Crippen LogP contribution in [0.3, 0.4) is 0 Å². The molecule has 57 heavy (non-hydrogen) atoms. The van der Waals surface area contributed by atoms with E-state index in [0.29, 0.717) is 62.0 Å². The molecular formula is C47H50Cl2N2O6. The number of amides is 2. The van der Waals surface area contributed by atoms with Crippen LogP contribution in [0.5, 0.6) is 0 Å². The van der Waals surface area contributed by atoms with E-state index in [1.807, 2.05) is 84.9 Å². The van der Waals surface area contributed by atoms with Gasteiger partial charge in [0.2, 0.25) is 11.8 Å². The first-order valence-corrected chi connectivity index (χ1v) is 20.1. The Kier molecular flexibility index (Phi) is 17.0. The van der Waals surface area contributed by atoms with Crippen molar-refractivity contribution in [1.29, 1.82) is 0 Å². The lowest BCUT2D eigenvalue weighted by atomic mass is 9.82. The molecule has 0 unspecified atom stereocenters. The Balaban J connectivity index is 0.000000221. The number of hydrogen-bond donors (Lipinski definition) is 4. The number of carbonyl (C=O) groups is 2. The van der Waals surface area contributed by atoms with Gasteiger partial charge in [-0.05, 0) is 86.1 Å². The molecule has 4 atom stereocenters. The molecule has 2 saturated carbocycles. The summed E-state index contributed by atoms with van der Waals surface area (Å²) in [6.45, 7) is 1.26. The second-order valence-corrected chi connectivity index (χ2v) is 15.4. The monoisotopic (exact) mass is 808 g/mol. The average Bonchev–Trinajstić information content (AvgIpc) is 3.19. The van der Waals surface area contributed by atoms with Crippen LogP contribution in [0.25, 0.3) is 0 Å². The minimum atomic E-state index is -1.12. The van der Waals surface area contributed by atoms with Crippen LogP contribution in [0.15, 0.2) is 109 Å². The molecule has 6 rings (SSSR count). The minimum absolute atomic E-state index is 0.0201. The molecule has 0 bridgehead atoms. The van der Waals surface area contributed by atoms with E-state index in [2.05, 4.69) is 34.3 Å². The van der Waals surface area contributed by atoms with Crippen molar-refractivity contribution in [3.8, 4) is 23.7 Å². The number of aliphatic hydroxyl groups is 2. The fraction of sp³-hybridized carbons (Fsp3) is 0.362. The molecular weight excluding hydrogens is 759 g/mol.